The Morgan fingerprint density at radius 3 is 2.04 bits per heavy atom. The summed E-state index contributed by atoms with van der Waals surface area (Å²) in [4.78, 5) is 14.8. The van der Waals surface area contributed by atoms with Crippen LogP contribution < -0.4 is 19.5 Å². The second-order valence-electron chi connectivity index (χ2n) is 5.80. The molecule has 0 saturated carbocycles. The van der Waals surface area contributed by atoms with Crippen LogP contribution in [0.15, 0.2) is 12.1 Å². The number of nitrogens with zero attached hydrogens (tertiary/aromatic N) is 1. The van der Waals surface area contributed by atoms with E-state index < -0.39 is 0 Å². The number of likely N-dealkylation sites (tertiary alicyclic amines) is 1. The standard InChI is InChI=1S/C16H22N2O4.ClH/c1-20-13-5-15(22-3)14(21-2)4-12(13)16(19)18-8-10-6-17-7-11(10)9-18;/h4-5,10-11,17H,6-9H2,1-3H3;1H/t10-,11+;. The molecule has 3 rings (SSSR count). The highest BCUT2D eigenvalue weighted by atomic mass is 35.5. The molecule has 2 atom stereocenters. The maximum absolute atomic E-state index is 12.9. The third-order valence-electron chi connectivity index (χ3n) is 4.61. The lowest BCUT2D eigenvalue weighted by Crippen LogP contribution is -2.32. The number of nitrogens with one attached hydrogen (secondary N) is 1. The van der Waals surface area contributed by atoms with Gasteiger partial charge in [0.25, 0.3) is 5.91 Å². The van der Waals surface area contributed by atoms with Gasteiger partial charge < -0.3 is 24.4 Å². The number of fused-ring (bicyclic) bond motifs is 1. The molecule has 1 N–H and O–H groups in total. The fraction of sp³-hybridized carbons (Fsp3) is 0.562. The minimum absolute atomic E-state index is 0. The van der Waals surface area contributed by atoms with Crippen molar-refractivity contribution in [3.8, 4) is 17.2 Å². The van der Waals surface area contributed by atoms with Crippen molar-refractivity contribution < 1.29 is 19.0 Å². The van der Waals surface area contributed by atoms with E-state index in [-0.39, 0.29) is 18.3 Å². The summed E-state index contributed by atoms with van der Waals surface area (Å²) >= 11 is 0. The molecule has 0 aromatic heterocycles. The van der Waals surface area contributed by atoms with Gasteiger partial charge in [-0.1, -0.05) is 0 Å². The van der Waals surface area contributed by atoms with Crippen LogP contribution in [-0.2, 0) is 0 Å². The van der Waals surface area contributed by atoms with Gasteiger partial charge in [0, 0.05) is 38.3 Å². The highest BCUT2D eigenvalue weighted by Crippen LogP contribution is 2.36. The van der Waals surface area contributed by atoms with Crippen LogP contribution in [0.5, 0.6) is 17.2 Å². The van der Waals surface area contributed by atoms with Gasteiger partial charge in [0.2, 0.25) is 0 Å². The Hall–Kier alpha value is -1.66. The normalized spacial score (nSPS) is 22.3. The summed E-state index contributed by atoms with van der Waals surface area (Å²) in [5, 5.41) is 3.38. The summed E-state index contributed by atoms with van der Waals surface area (Å²) in [7, 11) is 4.68. The summed E-state index contributed by atoms with van der Waals surface area (Å²) in [6.45, 7) is 3.59. The average Bonchev–Trinajstić information content (AvgIpc) is 3.14. The van der Waals surface area contributed by atoms with Crippen molar-refractivity contribution in [2.75, 3.05) is 47.5 Å². The van der Waals surface area contributed by atoms with Crippen molar-refractivity contribution in [1.29, 1.82) is 0 Å². The molecule has 23 heavy (non-hydrogen) atoms. The smallest absolute Gasteiger partial charge is 0.257 e. The van der Waals surface area contributed by atoms with Crippen molar-refractivity contribution in [3.05, 3.63) is 17.7 Å². The van der Waals surface area contributed by atoms with Crippen molar-refractivity contribution in [3.63, 3.8) is 0 Å². The van der Waals surface area contributed by atoms with E-state index in [1.54, 1.807) is 33.5 Å². The minimum atomic E-state index is -0.00722. The molecule has 1 amide bonds. The zero-order chi connectivity index (χ0) is 15.7. The number of benzene rings is 1. The summed E-state index contributed by atoms with van der Waals surface area (Å²) in [5.74, 6) is 2.72. The molecule has 7 heteroatoms. The number of carbonyl (C=O) groups is 1. The highest BCUT2D eigenvalue weighted by molar-refractivity contribution is 5.98. The van der Waals surface area contributed by atoms with Gasteiger partial charge in [-0.15, -0.1) is 12.4 Å². The van der Waals surface area contributed by atoms with Gasteiger partial charge >= 0.3 is 0 Å². The predicted molar refractivity (Wildman–Crippen MR) is 89.1 cm³/mol. The predicted octanol–water partition coefficient (Wildman–Crippen LogP) is 1.43. The Labute approximate surface area is 142 Å². The van der Waals surface area contributed by atoms with E-state index in [9.17, 15) is 4.79 Å². The third-order valence-corrected chi connectivity index (χ3v) is 4.61. The van der Waals surface area contributed by atoms with Crippen LogP contribution in [0.2, 0.25) is 0 Å². The number of methoxy groups -OCH3 is 3. The van der Waals surface area contributed by atoms with Crippen LogP contribution in [0.3, 0.4) is 0 Å². The first-order valence-corrected chi connectivity index (χ1v) is 7.48. The maximum Gasteiger partial charge on any atom is 0.257 e. The van der Waals surface area contributed by atoms with Crippen LogP contribution in [0, 0.1) is 11.8 Å². The van der Waals surface area contributed by atoms with Crippen LogP contribution >= 0.6 is 12.4 Å². The molecule has 1 aromatic rings. The zero-order valence-electron chi connectivity index (χ0n) is 13.6. The van der Waals surface area contributed by atoms with E-state index in [0.717, 1.165) is 26.2 Å². The SMILES string of the molecule is COc1cc(OC)c(C(=O)N2C[C@H]3CNC[C@H]3C2)cc1OC.Cl. The molecule has 2 saturated heterocycles. The van der Waals surface area contributed by atoms with Gasteiger partial charge in [0.05, 0.1) is 26.9 Å². The fourth-order valence-electron chi connectivity index (χ4n) is 3.39. The van der Waals surface area contributed by atoms with E-state index in [1.165, 1.54) is 0 Å². The first kappa shape index (κ1) is 17.7. The molecule has 0 unspecified atom stereocenters. The first-order valence-electron chi connectivity index (χ1n) is 7.48. The molecule has 2 aliphatic heterocycles. The molecule has 0 spiro atoms. The van der Waals surface area contributed by atoms with Gasteiger partial charge in [-0.2, -0.15) is 0 Å². The van der Waals surface area contributed by atoms with E-state index >= 15 is 0 Å². The van der Waals surface area contributed by atoms with Crippen molar-refractivity contribution in [1.82, 2.24) is 10.2 Å². The lowest BCUT2D eigenvalue weighted by Gasteiger charge is -2.20. The second-order valence-corrected chi connectivity index (χ2v) is 5.80. The van der Waals surface area contributed by atoms with Crippen LogP contribution in [0.4, 0.5) is 0 Å². The van der Waals surface area contributed by atoms with Gasteiger partial charge in [0.15, 0.2) is 11.5 Å². The molecule has 2 aliphatic rings. The summed E-state index contributed by atoms with van der Waals surface area (Å²) in [6, 6.07) is 3.40. The molecule has 1 aromatic carbocycles. The Morgan fingerprint density at radius 2 is 1.52 bits per heavy atom. The van der Waals surface area contributed by atoms with Gasteiger partial charge in [-0.05, 0) is 11.8 Å². The number of amides is 1. The molecule has 2 fully saturated rings. The third kappa shape index (κ3) is 3.19. The topological polar surface area (TPSA) is 60.0 Å². The van der Waals surface area contributed by atoms with Gasteiger partial charge in [-0.25, -0.2) is 0 Å². The molecule has 2 heterocycles. The molecular weight excluding hydrogens is 320 g/mol. The van der Waals surface area contributed by atoms with Crippen LogP contribution in [0.25, 0.3) is 0 Å². The van der Waals surface area contributed by atoms with E-state index in [2.05, 4.69) is 5.32 Å². The Bertz CT molecular complexity index is 569. The summed E-state index contributed by atoms with van der Waals surface area (Å²) in [6.07, 6.45) is 0. The molecule has 6 nitrogen and oxygen atoms in total. The van der Waals surface area contributed by atoms with Crippen LogP contribution in [-0.4, -0.2) is 58.3 Å². The lowest BCUT2D eigenvalue weighted by molar-refractivity contribution is 0.0778. The molecule has 0 aliphatic carbocycles. The average molecular weight is 343 g/mol. The van der Waals surface area contributed by atoms with Gasteiger partial charge in [0.1, 0.15) is 5.75 Å². The largest absolute Gasteiger partial charge is 0.496 e. The Kier molecular flexibility index (Phi) is 5.59. The molecule has 128 valence electrons. The lowest BCUT2D eigenvalue weighted by atomic mass is 10.0. The summed E-state index contributed by atoms with van der Waals surface area (Å²) < 4.78 is 15.9. The molecule has 0 radical (unpaired) electrons. The number of halogens is 1. The van der Waals surface area contributed by atoms with E-state index in [0.29, 0.717) is 34.6 Å². The van der Waals surface area contributed by atoms with E-state index in [4.69, 9.17) is 14.2 Å². The monoisotopic (exact) mass is 342 g/mol. The minimum Gasteiger partial charge on any atom is -0.496 e. The Morgan fingerprint density at radius 1 is 1.00 bits per heavy atom. The number of carbonyl (C=O) groups excluding carboxylic acids is 1. The second kappa shape index (κ2) is 7.27. The summed E-state index contributed by atoms with van der Waals surface area (Å²) in [5.41, 5.74) is 0.521. The van der Waals surface area contributed by atoms with E-state index in [1.807, 2.05) is 4.90 Å². The van der Waals surface area contributed by atoms with Crippen molar-refractivity contribution in [2.45, 2.75) is 0 Å². The number of rotatable bonds is 4. The first-order chi connectivity index (χ1) is 10.7. The molecule has 0 bridgehead atoms. The maximum atomic E-state index is 12.9. The van der Waals surface area contributed by atoms with Gasteiger partial charge in [-0.3, -0.25) is 4.79 Å². The highest BCUT2D eigenvalue weighted by Gasteiger charge is 2.39. The van der Waals surface area contributed by atoms with Crippen molar-refractivity contribution in [2.24, 2.45) is 11.8 Å². The zero-order valence-corrected chi connectivity index (χ0v) is 14.4. The number of ether oxygens (including phenoxy) is 3. The molecular formula is C16H23ClN2O4. The number of hydrogen-bond donors (Lipinski definition) is 1. The number of hydrogen-bond acceptors (Lipinski definition) is 5. The fourth-order valence-corrected chi connectivity index (χ4v) is 3.39. The Balaban J connectivity index is 0.00000192. The van der Waals surface area contributed by atoms with Crippen LogP contribution in [0.1, 0.15) is 10.4 Å². The van der Waals surface area contributed by atoms with Crippen molar-refractivity contribution >= 4 is 18.3 Å². The quantitative estimate of drug-likeness (QED) is 0.897.